The Balaban J connectivity index is 1.76. The van der Waals surface area contributed by atoms with Crippen molar-refractivity contribution in [3.63, 3.8) is 0 Å². The van der Waals surface area contributed by atoms with Gasteiger partial charge in [-0.3, -0.25) is 9.59 Å². The molecule has 1 amide bonds. The van der Waals surface area contributed by atoms with Gasteiger partial charge in [0.2, 0.25) is 0 Å². The van der Waals surface area contributed by atoms with Gasteiger partial charge in [0.15, 0.2) is 0 Å². The number of pyridine rings is 1. The molecule has 1 fully saturated rings. The number of carbonyl (C=O) groups is 1. The second-order valence-electron chi connectivity index (χ2n) is 6.14. The average molecular weight is 346 g/mol. The summed E-state index contributed by atoms with van der Waals surface area (Å²) in [5.74, 6) is -0.615. The number of amides is 1. The van der Waals surface area contributed by atoms with E-state index in [0.717, 1.165) is 5.69 Å². The number of halogens is 1. The fraction of sp³-hybridized carbons (Fsp3) is 0.333. The summed E-state index contributed by atoms with van der Waals surface area (Å²) < 4.78 is 20.2. The Bertz CT molecular complexity index is 864. The van der Waals surface area contributed by atoms with Gasteiger partial charge >= 0.3 is 0 Å². The number of aryl methyl sites for hydroxylation is 1. The molecule has 1 saturated heterocycles. The fourth-order valence-electron chi connectivity index (χ4n) is 2.81. The molecule has 2 heterocycles. The zero-order valence-corrected chi connectivity index (χ0v) is 14.0. The molecule has 6 nitrogen and oxygen atoms in total. The Morgan fingerprint density at radius 3 is 2.76 bits per heavy atom. The minimum Gasteiger partial charge on any atom is -0.486 e. The van der Waals surface area contributed by atoms with Gasteiger partial charge in [-0.2, -0.15) is 0 Å². The van der Waals surface area contributed by atoms with E-state index in [9.17, 15) is 19.1 Å². The predicted octanol–water partition coefficient (Wildman–Crippen LogP) is 1.10. The van der Waals surface area contributed by atoms with E-state index >= 15 is 0 Å². The Morgan fingerprint density at radius 1 is 1.28 bits per heavy atom. The number of aliphatic hydroxyl groups is 1. The number of β-amino-alcohol motifs (C(OH)–C–C–N with tert-alkyl or cyclic N) is 1. The molecule has 1 aromatic carbocycles. The van der Waals surface area contributed by atoms with Crippen LogP contribution in [0.3, 0.4) is 0 Å². The molecule has 0 radical (unpaired) electrons. The Morgan fingerprint density at radius 2 is 2.04 bits per heavy atom. The van der Waals surface area contributed by atoms with Gasteiger partial charge in [0.1, 0.15) is 29.3 Å². The summed E-state index contributed by atoms with van der Waals surface area (Å²) >= 11 is 0. The quantitative estimate of drug-likeness (QED) is 0.903. The number of carbonyl (C=O) groups excluding carboxylic acids is 1. The van der Waals surface area contributed by atoms with E-state index in [1.165, 1.54) is 33.7 Å². The molecular weight excluding hydrogens is 327 g/mol. The van der Waals surface area contributed by atoms with Gasteiger partial charge in [-0.15, -0.1) is 0 Å². The van der Waals surface area contributed by atoms with E-state index in [4.69, 9.17) is 4.74 Å². The third-order valence-corrected chi connectivity index (χ3v) is 4.39. The molecule has 0 aliphatic carbocycles. The fourth-order valence-corrected chi connectivity index (χ4v) is 2.81. The molecule has 2 aromatic rings. The van der Waals surface area contributed by atoms with Gasteiger partial charge < -0.3 is 19.3 Å². The number of ether oxygens (including phenoxy) is 1. The number of hydrogen-bond donors (Lipinski definition) is 1. The van der Waals surface area contributed by atoms with E-state index in [2.05, 4.69) is 0 Å². The third-order valence-electron chi connectivity index (χ3n) is 4.39. The van der Waals surface area contributed by atoms with Crippen LogP contribution >= 0.6 is 0 Å². The topological polar surface area (TPSA) is 71.8 Å². The lowest BCUT2D eigenvalue weighted by Crippen LogP contribution is -2.36. The van der Waals surface area contributed by atoms with Gasteiger partial charge in [0.25, 0.3) is 11.5 Å². The van der Waals surface area contributed by atoms with Gasteiger partial charge in [0, 0.05) is 18.8 Å². The first kappa shape index (κ1) is 17.2. The van der Waals surface area contributed by atoms with Crippen molar-refractivity contribution in [3.05, 3.63) is 63.8 Å². The minimum absolute atomic E-state index is 0.0479. The number of aromatic nitrogens is 1. The number of hydrogen-bond acceptors (Lipinski definition) is 4. The molecule has 3 rings (SSSR count). The zero-order chi connectivity index (χ0) is 18.1. The summed E-state index contributed by atoms with van der Waals surface area (Å²) in [7, 11) is 1.60. The molecule has 0 saturated carbocycles. The van der Waals surface area contributed by atoms with Crippen LogP contribution in [0, 0.1) is 12.7 Å². The summed E-state index contributed by atoms with van der Waals surface area (Å²) in [5.41, 5.74) is 0.413. The molecule has 7 heteroatoms. The Hall–Kier alpha value is -2.67. The summed E-state index contributed by atoms with van der Waals surface area (Å²) in [6, 6.07) is 8.78. The van der Waals surface area contributed by atoms with Crippen LogP contribution in [0.5, 0.6) is 5.75 Å². The lowest BCUT2D eigenvalue weighted by molar-refractivity contribution is 0.0727. The Labute approximate surface area is 144 Å². The predicted molar refractivity (Wildman–Crippen MR) is 89.1 cm³/mol. The van der Waals surface area contributed by atoms with Crippen LogP contribution in [0.2, 0.25) is 0 Å². The molecule has 1 aliphatic heterocycles. The lowest BCUT2D eigenvalue weighted by atomic mass is 10.2. The number of aliphatic hydroxyl groups excluding tert-OH is 1. The van der Waals surface area contributed by atoms with E-state index in [1.807, 2.05) is 0 Å². The largest absolute Gasteiger partial charge is 0.486 e. The highest BCUT2D eigenvalue weighted by atomic mass is 19.1. The van der Waals surface area contributed by atoms with Crippen molar-refractivity contribution < 1.29 is 19.0 Å². The molecule has 132 valence electrons. The number of benzene rings is 1. The van der Waals surface area contributed by atoms with E-state index in [0.29, 0.717) is 0 Å². The van der Waals surface area contributed by atoms with Crippen LogP contribution in [0.15, 0.2) is 41.2 Å². The smallest absolute Gasteiger partial charge is 0.263 e. The van der Waals surface area contributed by atoms with Crippen molar-refractivity contribution in [2.24, 2.45) is 7.05 Å². The average Bonchev–Trinajstić information content (AvgIpc) is 2.93. The normalized spacial score (nSPS) is 19.9. The van der Waals surface area contributed by atoms with Gasteiger partial charge in [-0.1, -0.05) is 6.07 Å². The van der Waals surface area contributed by atoms with Crippen LogP contribution in [0.25, 0.3) is 0 Å². The number of nitrogens with zero attached hydrogens (tertiary/aromatic N) is 2. The van der Waals surface area contributed by atoms with E-state index < -0.39 is 23.9 Å². The number of likely N-dealkylation sites (tertiary alicyclic amines) is 1. The molecule has 1 N–H and O–H groups in total. The van der Waals surface area contributed by atoms with Crippen molar-refractivity contribution in [1.82, 2.24) is 9.47 Å². The highest BCUT2D eigenvalue weighted by molar-refractivity contribution is 5.94. The van der Waals surface area contributed by atoms with E-state index in [-0.39, 0.29) is 30.0 Å². The van der Waals surface area contributed by atoms with Crippen LogP contribution in [0.4, 0.5) is 4.39 Å². The highest BCUT2D eigenvalue weighted by Crippen LogP contribution is 2.20. The monoisotopic (exact) mass is 346 g/mol. The van der Waals surface area contributed by atoms with Gasteiger partial charge in [-0.25, -0.2) is 4.39 Å². The maximum atomic E-state index is 13.2. The Kier molecular flexibility index (Phi) is 4.59. The van der Waals surface area contributed by atoms with Gasteiger partial charge in [0.05, 0.1) is 13.1 Å². The lowest BCUT2D eigenvalue weighted by Gasteiger charge is -2.17. The maximum absolute atomic E-state index is 13.2. The minimum atomic E-state index is -0.915. The third kappa shape index (κ3) is 3.41. The first-order chi connectivity index (χ1) is 11.9. The van der Waals surface area contributed by atoms with Crippen LogP contribution in [-0.2, 0) is 7.05 Å². The standard InChI is InChI=1S/C18H19FN2O4/c1-11-6-7-14(17(23)20(11)2)18(24)21-9-15(22)16(10-21)25-13-5-3-4-12(19)8-13/h3-8,15-16,22H,9-10H2,1-2H3/t15-,16-/m1/s1. The molecule has 25 heavy (non-hydrogen) atoms. The molecule has 0 unspecified atom stereocenters. The second-order valence-corrected chi connectivity index (χ2v) is 6.14. The summed E-state index contributed by atoms with van der Waals surface area (Å²) in [4.78, 5) is 26.2. The van der Waals surface area contributed by atoms with Crippen molar-refractivity contribution in [2.75, 3.05) is 13.1 Å². The van der Waals surface area contributed by atoms with Crippen LogP contribution < -0.4 is 10.3 Å². The summed E-state index contributed by atoms with van der Waals surface area (Å²) in [6.45, 7) is 1.95. The van der Waals surface area contributed by atoms with Crippen molar-refractivity contribution >= 4 is 5.91 Å². The first-order valence-corrected chi connectivity index (χ1v) is 7.93. The molecule has 0 spiro atoms. The van der Waals surface area contributed by atoms with Crippen molar-refractivity contribution in [3.8, 4) is 5.75 Å². The molecular formula is C18H19FN2O4. The summed E-state index contributed by atoms with van der Waals surface area (Å²) in [5, 5.41) is 10.2. The first-order valence-electron chi connectivity index (χ1n) is 7.93. The molecule has 1 aromatic heterocycles. The van der Waals surface area contributed by atoms with E-state index in [1.54, 1.807) is 26.1 Å². The number of rotatable bonds is 3. The van der Waals surface area contributed by atoms with Crippen LogP contribution in [0.1, 0.15) is 16.1 Å². The zero-order valence-electron chi connectivity index (χ0n) is 14.0. The van der Waals surface area contributed by atoms with Crippen molar-refractivity contribution in [1.29, 1.82) is 0 Å². The SMILES string of the molecule is Cc1ccc(C(=O)N2C[C@@H](O)[C@H](Oc3cccc(F)c3)C2)c(=O)n1C. The molecule has 1 aliphatic rings. The van der Waals surface area contributed by atoms with Crippen molar-refractivity contribution in [2.45, 2.75) is 19.1 Å². The second kappa shape index (κ2) is 6.68. The van der Waals surface area contributed by atoms with Gasteiger partial charge in [-0.05, 0) is 31.2 Å². The molecule has 0 bridgehead atoms. The highest BCUT2D eigenvalue weighted by Gasteiger charge is 2.36. The van der Waals surface area contributed by atoms with Crippen LogP contribution in [-0.4, -0.2) is 45.8 Å². The molecule has 2 atom stereocenters. The summed E-state index contributed by atoms with van der Waals surface area (Å²) in [6.07, 6.45) is -1.60. The maximum Gasteiger partial charge on any atom is 0.263 e.